The largest absolute Gasteiger partial charge is 0.486 e. The molecule has 2 heterocycles. The third-order valence-electron chi connectivity index (χ3n) is 6.99. The highest BCUT2D eigenvalue weighted by Gasteiger charge is 2.24. The fraction of sp³-hybridized carbons (Fsp3) is 0.483. The molecule has 0 spiro atoms. The van der Waals surface area contributed by atoms with E-state index in [1.165, 1.54) is 23.8 Å². The van der Waals surface area contributed by atoms with Gasteiger partial charge in [-0.05, 0) is 75.7 Å². The van der Waals surface area contributed by atoms with Gasteiger partial charge in [0.25, 0.3) is 5.56 Å². The number of ketones is 1. The van der Waals surface area contributed by atoms with Crippen LogP contribution in [0.2, 0.25) is 0 Å². The number of nitrogens with one attached hydrogen (secondary N) is 1. The summed E-state index contributed by atoms with van der Waals surface area (Å²) < 4.78 is 21.9. The minimum Gasteiger partial charge on any atom is -0.486 e. The number of pyridine rings is 2. The van der Waals surface area contributed by atoms with Crippen LogP contribution < -0.4 is 15.8 Å². The van der Waals surface area contributed by atoms with E-state index in [4.69, 9.17) is 16.3 Å². The predicted molar refractivity (Wildman–Crippen MR) is 152 cm³/mol. The number of ether oxygens (including phenoxy) is 1. The number of fused-ring (bicyclic) bond motifs is 1. The van der Waals surface area contributed by atoms with E-state index in [9.17, 15) is 14.0 Å². The summed E-state index contributed by atoms with van der Waals surface area (Å²) >= 11 is 6.51. The van der Waals surface area contributed by atoms with Gasteiger partial charge in [0.15, 0.2) is 11.6 Å². The molecule has 0 unspecified atom stereocenters. The SMILES string of the molecule is C=C(C)/C(=C\C(Cl)=C(/C)CN[C@H]1CC[C@H](CN(C)c2c(F)cnc3ccc(=O)n(C)c23)CC1)OCC(C)=O. The van der Waals surface area contributed by atoms with Crippen LogP contribution in [-0.4, -0.2) is 48.1 Å². The van der Waals surface area contributed by atoms with Gasteiger partial charge in [-0.25, -0.2) is 4.39 Å². The normalized spacial score (nSPS) is 18.8. The lowest BCUT2D eigenvalue weighted by Gasteiger charge is -2.33. The third-order valence-corrected chi connectivity index (χ3v) is 7.43. The van der Waals surface area contributed by atoms with E-state index in [2.05, 4.69) is 16.9 Å². The van der Waals surface area contributed by atoms with Crippen LogP contribution >= 0.6 is 11.6 Å². The van der Waals surface area contributed by atoms with E-state index in [0.717, 1.165) is 31.3 Å². The average Bonchev–Trinajstić information content (AvgIpc) is 2.87. The average molecular weight is 545 g/mol. The molecule has 0 aromatic carbocycles. The van der Waals surface area contributed by atoms with Gasteiger partial charge in [-0.1, -0.05) is 18.2 Å². The molecule has 3 rings (SSSR count). The zero-order chi connectivity index (χ0) is 28.0. The van der Waals surface area contributed by atoms with Crippen LogP contribution in [0.5, 0.6) is 0 Å². The quantitative estimate of drug-likeness (QED) is 0.308. The smallest absolute Gasteiger partial charge is 0.250 e. The van der Waals surface area contributed by atoms with Gasteiger partial charge in [0.1, 0.15) is 18.1 Å². The van der Waals surface area contributed by atoms with Crippen molar-refractivity contribution in [2.75, 3.05) is 31.6 Å². The monoisotopic (exact) mass is 544 g/mol. The van der Waals surface area contributed by atoms with Crippen LogP contribution in [0.15, 0.2) is 57.7 Å². The highest BCUT2D eigenvalue weighted by molar-refractivity contribution is 6.31. The van der Waals surface area contributed by atoms with Crippen LogP contribution in [-0.2, 0) is 16.6 Å². The number of hydrogen-bond acceptors (Lipinski definition) is 6. The Hall–Kier alpha value is -2.97. The van der Waals surface area contributed by atoms with E-state index in [-0.39, 0.29) is 17.9 Å². The number of carbonyl (C=O) groups excluding carboxylic acids is 1. The molecule has 0 aliphatic heterocycles. The fourth-order valence-corrected chi connectivity index (χ4v) is 4.95. The van der Waals surface area contributed by atoms with E-state index in [0.29, 0.717) is 58.1 Å². The zero-order valence-corrected chi connectivity index (χ0v) is 23.7. The van der Waals surface area contributed by atoms with Gasteiger partial charge >= 0.3 is 0 Å². The van der Waals surface area contributed by atoms with Crippen LogP contribution in [0.25, 0.3) is 11.0 Å². The van der Waals surface area contributed by atoms with Gasteiger partial charge in [-0.3, -0.25) is 14.6 Å². The minimum absolute atomic E-state index is 0.0132. The predicted octanol–water partition coefficient (Wildman–Crippen LogP) is 5.24. The summed E-state index contributed by atoms with van der Waals surface area (Å²) in [4.78, 5) is 29.5. The van der Waals surface area contributed by atoms with Crippen molar-refractivity contribution in [2.45, 2.75) is 52.5 Å². The fourth-order valence-electron chi connectivity index (χ4n) is 4.79. The zero-order valence-electron chi connectivity index (χ0n) is 22.9. The molecule has 1 aliphatic rings. The Bertz CT molecular complexity index is 1310. The number of Topliss-reactive ketones (excluding diaryl/α,β-unsaturated/α-hetero) is 1. The lowest BCUT2D eigenvalue weighted by atomic mass is 9.85. The Kier molecular flexibility index (Phi) is 10.3. The number of aryl methyl sites for hydroxylation is 1. The third kappa shape index (κ3) is 7.54. The topological polar surface area (TPSA) is 76.5 Å². The Morgan fingerprint density at radius 3 is 2.61 bits per heavy atom. The summed E-state index contributed by atoms with van der Waals surface area (Å²) in [5.74, 6) is 0.433. The molecule has 9 heteroatoms. The molecule has 0 radical (unpaired) electrons. The van der Waals surface area contributed by atoms with Crippen LogP contribution in [0.1, 0.15) is 46.5 Å². The lowest BCUT2D eigenvalue weighted by Crippen LogP contribution is -2.37. The van der Waals surface area contributed by atoms with Crippen molar-refractivity contribution in [3.8, 4) is 0 Å². The van der Waals surface area contributed by atoms with E-state index >= 15 is 0 Å². The first-order chi connectivity index (χ1) is 18.0. The molecule has 0 bridgehead atoms. The number of halogens is 2. The van der Waals surface area contributed by atoms with Crippen LogP contribution in [0, 0.1) is 11.7 Å². The molecular formula is C29H38ClFN4O3. The molecule has 1 saturated carbocycles. The number of hydrogen-bond donors (Lipinski definition) is 1. The second-order valence-electron chi connectivity index (χ2n) is 10.3. The molecular weight excluding hydrogens is 507 g/mol. The molecule has 0 atom stereocenters. The Morgan fingerprint density at radius 1 is 1.29 bits per heavy atom. The Balaban J connectivity index is 1.57. The number of nitrogens with zero attached hydrogens (tertiary/aromatic N) is 3. The molecule has 38 heavy (non-hydrogen) atoms. The maximum Gasteiger partial charge on any atom is 0.250 e. The van der Waals surface area contributed by atoms with Crippen molar-refractivity contribution in [3.05, 3.63) is 69.1 Å². The first kappa shape index (κ1) is 29.6. The van der Waals surface area contributed by atoms with Gasteiger partial charge in [0.2, 0.25) is 0 Å². The molecule has 206 valence electrons. The Morgan fingerprint density at radius 2 is 1.97 bits per heavy atom. The minimum atomic E-state index is -0.425. The van der Waals surface area contributed by atoms with Crippen LogP contribution in [0.3, 0.4) is 0 Å². The van der Waals surface area contributed by atoms with Crippen molar-refractivity contribution < 1.29 is 13.9 Å². The van der Waals surface area contributed by atoms with Gasteiger partial charge in [-0.15, -0.1) is 0 Å². The van der Waals surface area contributed by atoms with Crippen molar-refractivity contribution in [2.24, 2.45) is 13.0 Å². The summed E-state index contributed by atoms with van der Waals surface area (Å²) in [5, 5.41) is 4.16. The first-order valence-electron chi connectivity index (χ1n) is 12.9. The number of aromatic nitrogens is 2. The lowest BCUT2D eigenvalue weighted by molar-refractivity contribution is -0.120. The van der Waals surface area contributed by atoms with Gasteiger partial charge in [0, 0.05) is 44.3 Å². The molecule has 0 amide bonds. The molecule has 2 aromatic rings. The standard InChI is InChI=1S/C29H38ClFN4O3/c1-18(2)26(38-17-20(4)36)13-23(30)19(3)14-32-22-9-7-21(8-10-22)16-34(5)28-24(31)15-33-25-11-12-27(37)35(6)29(25)28/h11-13,15,21-22,32H,1,7-10,14,16-17H2,2-6H3/b23-19-,26-13+/t21-,22-. The number of rotatable bonds is 11. The summed E-state index contributed by atoms with van der Waals surface area (Å²) in [5.41, 5.74) is 3.02. The summed E-state index contributed by atoms with van der Waals surface area (Å²) in [6.07, 6.45) is 6.99. The first-order valence-corrected chi connectivity index (χ1v) is 13.3. The van der Waals surface area contributed by atoms with E-state index < -0.39 is 5.82 Å². The van der Waals surface area contributed by atoms with Crippen molar-refractivity contribution in [3.63, 3.8) is 0 Å². The maximum absolute atomic E-state index is 14.9. The summed E-state index contributed by atoms with van der Waals surface area (Å²) in [6, 6.07) is 3.46. The van der Waals surface area contributed by atoms with Crippen molar-refractivity contribution in [1.29, 1.82) is 0 Å². The number of allylic oxidation sites excluding steroid dienone is 3. The van der Waals surface area contributed by atoms with E-state index in [1.54, 1.807) is 19.2 Å². The second-order valence-corrected chi connectivity index (χ2v) is 10.7. The highest BCUT2D eigenvalue weighted by Crippen LogP contribution is 2.31. The molecule has 2 aromatic heterocycles. The van der Waals surface area contributed by atoms with Crippen molar-refractivity contribution >= 4 is 34.1 Å². The van der Waals surface area contributed by atoms with Gasteiger partial charge in [-0.2, -0.15) is 0 Å². The van der Waals surface area contributed by atoms with Crippen molar-refractivity contribution in [1.82, 2.24) is 14.9 Å². The maximum atomic E-state index is 14.9. The molecule has 1 aliphatic carbocycles. The summed E-state index contributed by atoms with van der Waals surface area (Å²) in [6.45, 7) is 10.5. The second kappa shape index (κ2) is 13.2. The number of anilines is 1. The van der Waals surface area contributed by atoms with Crippen LogP contribution in [0.4, 0.5) is 10.1 Å². The molecule has 0 saturated heterocycles. The van der Waals surface area contributed by atoms with Gasteiger partial charge in [0.05, 0.1) is 17.2 Å². The Labute approximate surface area is 229 Å². The summed E-state index contributed by atoms with van der Waals surface area (Å²) in [7, 11) is 3.53. The van der Waals surface area contributed by atoms with E-state index in [1.807, 2.05) is 25.8 Å². The molecule has 7 nitrogen and oxygen atoms in total. The molecule has 1 N–H and O–H groups in total. The highest BCUT2D eigenvalue weighted by atomic mass is 35.5. The molecule has 1 fully saturated rings. The van der Waals surface area contributed by atoms with Gasteiger partial charge < -0.3 is 19.5 Å². The number of carbonyl (C=O) groups is 1.